The van der Waals surface area contributed by atoms with Crippen LogP contribution in [0.1, 0.15) is 71.1 Å². The number of methoxy groups -OCH3 is 1. The van der Waals surface area contributed by atoms with E-state index in [1.807, 2.05) is 7.11 Å². The molecule has 1 N–H and O–H groups in total. The summed E-state index contributed by atoms with van der Waals surface area (Å²) in [4.78, 5) is 0. The second-order valence-electron chi connectivity index (χ2n) is 8.89. The van der Waals surface area contributed by atoms with E-state index in [4.69, 9.17) is 4.74 Å². The van der Waals surface area contributed by atoms with Crippen molar-refractivity contribution in [3.8, 4) is 0 Å². The fourth-order valence-electron chi connectivity index (χ4n) is 6.75. The molecule has 0 aliphatic heterocycles. The van der Waals surface area contributed by atoms with Crippen LogP contribution < -0.4 is 5.32 Å². The van der Waals surface area contributed by atoms with E-state index in [9.17, 15) is 0 Å². The van der Waals surface area contributed by atoms with E-state index in [1.54, 1.807) is 19.3 Å². The standard InChI is InChI=1S/C19H33NO/c1-13(20-17-4-3-5-18(9-17)21-2)19-10-14-6-15(11-19)8-16(7-14)12-19/h13-18,20H,3-12H2,1-2H3. The van der Waals surface area contributed by atoms with Crippen LogP contribution in [0.4, 0.5) is 0 Å². The molecule has 5 fully saturated rings. The Bertz CT molecular complexity index is 344. The molecule has 3 unspecified atom stereocenters. The maximum Gasteiger partial charge on any atom is 0.0586 e. The lowest BCUT2D eigenvalue weighted by molar-refractivity contribution is -0.0740. The first-order valence-electron chi connectivity index (χ1n) is 9.46. The third kappa shape index (κ3) is 2.67. The van der Waals surface area contributed by atoms with Crippen molar-refractivity contribution in [2.24, 2.45) is 23.2 Å². The molecule has 0 heterocycles. The summed E-state index contributed by atoms with van der Waals surface area (Å²) in [6.45, 7) is 2.50. The highest BCUT2D eigenvalue weighted by Gasteiger charge is 2.53. The van der Waals surface area contributed by atoms with Gasteiger partial charge in [-0.3, -0.25) is 0 Å². The Labute approximate surface area is 130 Å². The monoisotopic (exact) mass is 291 g/mol. The van der Waals surface area contributed by atoms with Gasteiger partial charge >= 0.3 is 0 Å². The van der Waals surface area contributed by atoms with Crippen LogP contribution in [0.2, 0.25) is 0 Å². The molecule has 5 rings (SSSR count). The Morgan fingerprint density at radius 3 is 2.14 bits per heavy atom. The van der Waals surface area contributed by atoms with E-state index in [0.29, 0.717) is 23.6 Å². The molecule has 0 aromatic heterocycles. The number of hydrogen-bond acceptors (Lipinski definition) is 2. The number of rotatable bonds is 4. The van der Waals surface area contributed by atoms with Crippen molar-refractivity contribution in [2.45, 2.75) is 89.3 Å². The Hall–Kier alpha value is -0.0800. The summed E-state index contributed by atoms with van der Waals surface area (Å²) < 4.78 is 5.61. The highest BCUT2D eigenvalue weighted by atomic mass is 16.5. The van der Waals surface area contributed by atoms with Crippen LogP contribution in [0.15, 0.2) is 0 Å². The van der Waals surface area contributed by atoms with Crippen LogP contribution >= 0.6 is 0 Å². The maximum absolute atomic E-state index is 5.61. The molecular weight excluding hydrogens is 258 g/mol. The molecule has 5 aliphatic rings. The van der Waals surface area contributed by atoms with Crippen LogP contribution in [0.5, 0.6) is 0 Å². The van der Waals surface area contributed by atoms with Crippen molar-refractivity contribution in [3.05, 3.63) is 0 Å². The third-order valence-electron chi connectivity index (χ3n) is 7.45. The van der Waals surface area contributed by atoms with Gasteiger partial charge in [0.15, 0.2) is 0 Å². The van der Waals surface area contributed by atoms with Crippen molar-refractivity contribution in [1.29, 1.82) is 0 Å². The SMILES string of the molecule is COC1CCCC(NC(C)C23CC4CC(CC(C4)C2)C3)C1. The molecule has 4 bridgehead atoms. The number of hydrogen-bond donors (Lipinski definition) is 1. The van der Waals surface area contributed by atoms with Gasteiger partial charge in [-0.05, 0) is 94.3 Å². The molecule has 120 valence electrons. The minimum absolute atomic E-state index is 0.500. The average Bonchev–Trinajstić information content (AvgIpc) is 2.46. The van der Waals surface area contributed by atoms with Crippen molar-refractivity contribution in [1.82, 2.24) is 5.32 Å². The summed E-state index contributed by atoms with van der Waals surface area (Å²) in [7, 11) is 1.88. The smallest absolute Gasteiger partial charge is 0.0586 e. The van der Waals surface area contributed by atoms with Gasteiger partial charge in [0.1, 0.15) is 0 Å². The maximum atomic E-state index is 5.61. The van der Waals surface area contributed by atoms with Crippen molar-refractivity contribution in [2.75, 3.05) is 7.11 Å². The first-order chi connectivity index (χ1) is 10.2. The summed E-state index contributed by atoms with van der Waals surface area (Å²) in [5.74, 6) is 3.20. The fraction of sp³-hybridized carbons (Fsp3) is 1.00. The van der Waals surface area contributed by atoms with Crippen LogP contribution in [-0.2, 0) is 4.74 Å². The van der Waals surface area contributed by atoms with E-state index in [1.165, 1.54) is 44.9 Å². The molecule has 0 saturated heterocycles. The van der Waals surface area contributed by atoms with Gasteiger partial charge in [0, 0.05) is 19.2 Å². The topological polar surface area (TPSA) is 21.3 Å². The van der Waals surface area contributed by atoms with Crippen LogP contribution in [0.25, 0.3) is 0 Å². The summed E-state index contributed by atoms with van der Waals surface area (Å²) in [6, 6.07) is 1.42. The molecule has 0 amide bonds. The Morgan fingerprint density at radius 1 is 0.952 bits per heavy atom. The van der Waals surface area contributed by atoms with Gasteiger partial charge in [0.05, 0.1) is 6.10 Å². The second kappa shape index (κ2) is 5.53. The lowest BCUT2D eigenvalue weighted by Crippen LogP contribution is -2.57. The Balaban J connectivity index is 1.41. The van der Waals surface area contributed by atoms with E-state index in [-0.39, 0.29) is 0 Å². The average molecular weight is 291 g/mol. The third-order valence-corrected chi connectivity index (χ3v) is 7.45. The van der Waals surface area contributed by atoms with Crippen LogP contribution in [0, 0.1) is 23.2 Å². The molecule has 0 aromatic rings. The molecule has 0 radical (unpaired) electrons. The minimum atomic E-state index is 0.500. The highest BCUT2D eigenvalue weighted by molar-refractivity contribution is 5.05. The predicted molar refractivity (Wildman–Crippen MR) is 86.3 cm³/mol. The molecule has 3 atom stereocenters. The summed E-state index contributed by atoms with van der Waals surface area (Å²) in [6.07, 6.45) is 14.9. The largest absolute Gasteiger partial charge is 0.381 e. The van der Waals surface area contributed by atoms with Crippen molar-refractivity contribution in [3.63, 3.8) is 0 Å². The zero-order valence-corrected chi connectivity index (χ0v) is 13.9. The minimum Gasteiger partial charge on any atom is -0.381 e. The van der Waals surface area contributed by atoms with Gasteiger partial charge in [-0.25, -0.2) is 0 Å². The Kier molecular flexibility index (Phi) is 3.82. The molecule has 2 heteroatoms. The molecule has 5 saturated carbocycles. The van der Waals surface area contributed by atoms with E-state index < -0.39 is 0 Å². The van der Waals surface area contributed by atoms with Gasteiger partial charge in [0.2, 0.25) is 0 Å². The normalized spacial score (nSPS) is 50.3. The van der Waals surface area contributed by atoms with Gasteiger partial charge in [0.25, 0.3) is 0 Å². The molecule has 21 heavy (non-hydrogen) atoms. The molecule has 5 aliphatic carbocycles. The summed E-state index contributed by atoms with van der Waals surface area (Å²) >= 11 is 0. The van der Waals surface area contributed by atoms with Gasteiger partial charge < -0.3 is 10.1 Å². The quantitative estimate of drug-likeness (QED) is 0.840. The summed E-state index contributed by atoms with van der Waals surface area (Å²) in [5.41, 5.74) is 0.648. The number of ether oxygens (including phenoxy) is 1. The van der Waals surface area contributed by atoms with Gasteiger partial charge in [-0.1, -0.05) is 0 Å². The van der Waals surface area contributed by atoms with Crippen LogP contribution in [-0.4, -0.2) is 25.3 Å². The number of nitrogens with one attached hydrogen (secondary N) is 1. The van der Waals surface area contributed by atoms with E-state index in [2.05, 4.69) is 12.2 Å². The van der Waals surface area contributed by atoms with Crippen molar-refractivity contribution >= 4 is 0 Å². The molecule has 0 spiro atoms. The first kappa shape index (κ1) is 14.5. The highest BCUT2D eigenvalue weighted by Crippen LogP contribution is 2.61. The van der Waals surface area contributed by atoms with E-state index >= 15 is 0 Å². The second-order valence-corrected chi connectivity index (χ2v) is 8.89. The summed E-state index contributed by atoms with van der Waals surface area (Å²) in [5, 5.41) is 4.06. The lowest BCUT2D eigenvalue weighted by Gasteiger charge is -2.59. The molecular formula is C19H33NO. The predicted octanol–water partition coefficient (Wildman–Crippen LogP) is 4.14. The van der Waals surface area contributed by atoms with Gasteiger partial charge in [-0.2, -0.15) is 0 Å². The zero-order chi connectivity index (χ0) is 14.4. The van der Waals surface area contributed by atoms with Gasteiger partial charge in [-0.15, -0.1) is 0 Å². The lowest BCUT2D eigenvalue weighted by atomic mass is 9.48. The van der Waals surface area contributed by atoms with E-state index in [0.717, 1.165) is 17.8 Å². The first-order valence-corrected chi connectivity index (χ1v) is 9.46. The van der Waals surface area contributed by atoms with Crippen molar-refractivity contribution < 1.29 is 4.74 Å². The Morgan fingerprint density at radius 2 is 1.57 bits per heavy atom. The van der Waals surface area contributed by atoms with Crippen LogP contribution in [0.3, 0.4) is 0 Å². The fourth-order valence-corrected chi connectivity index (χ4v) is 6.75. The zero-order valence-electron chi connectivity index (χ0n) is 13.9. The molecule has 2 nitrogen and oxygen atoms in total. The molecule has 0 aromatic carbocycles.